The van der Waals surface area contributed by atoms with E-state index in [9.17, 15) is 14.4 Å². The Labute approximate surface area is 179 Å². The molecular weight excluding hydrogens is 388 g/mol. The molecule has 3 rings (SSSR count). The van der Waals surface area contributed by atoms with E-state index in [0.717, 1.165) is 19.3 Å². The van der Waals surface area contributed by atoms with E-state index < -0.39 is 11.6 Å². The summed E-state index contributed by atoms with van der Waals surface area (Å²) in [4.78, 5) is 46.8. The lowest BCUT2D eigenvalue weighted by atomic mass is 9.99. The maximum Gasteiger partial charge on any atom is 0.410 e. The minimum atomic E-state index is -0.516. The van der Waals surface area contributed by atoms with Gasteiger partial charge in [-0.3, -0.25) is 9.63 Å². The Kier molecular flexibility index (Phi) is 7.10. The number of hydroxylamine groups is 2. The normalized spacial score (nSPS) is 24.9. The Balaban J connectivity index is 1.47. The zero-order chi connectivity index (χ0) is 21.9. The van der Waals surface area contributed by atoms with Gasteiger partial charge in [0.2, 0.25) is 5.91 Å². The molecule has 3 heterocycles. The summed E-state index contributed by atoms with van der Waals surface area (Å²) in [5, 5.41) is 4.57. The minimum Gasteiger partial charge on any atom is -0.444 e. The number of carbonyl (C=O) groups excluding carboxylic acids is 3. The largest absolute Gasteiger partial charge is 0.444 e. The summed E-state index contributed by atoms with van der Waals surface area (Å²) < 4.78 is 5.42. The molecule has 170 valence electrons. The van der Waals surface area contributed by atoms with Crippen LogP contribution in [0.3, 0.4) is 0 Å². The molecule has 3 aliphatic rings. The SMILES string of the molecule is CCCCON1C(=O)N2CC1CC[C@H]2C(=O)NC1CCN(C(=O)OC(C)(C)C)CC1. The Hall–Kier alpha value is -2.03. The van der Waals surface area contributed by atoms with Crippen molar-refractivity contribution in [1.29, 1.82) is 0 Å². The van der Waals surface area contributed by atoms with Gasteiger partial charge in [0.15, 0.2) is 0 Å². The molecule has 9 heteroatoms. The fourth-order valence-electron chi connectivity index (χ4n) is 4.21. The number of rotatable bonds is 6. The molecule has 1 unspecified atom stereocenters. The second-order valence-corrected chi connectivity index (χ2v) is 9.44. The van der Waals surface area contributed by atoms with Gasteiger partial charge >= 0.3 is 12.1 Å². The van der Waals surface area contributed by atoms with Gasteiger partial charge in [0, 0.05) is 25.7 Å². The number of nitrogens with zero attached hydrogens (tertiary/aromatic N) is 3. The van der Waals surface area contributed by atoms with Gasteiger partial charge in [-0.25, -0.2) is 9.59 Å². The molecule has 0 aliphatic carbocycles. The fraction of sp³-hybridized carbons (Fsp3) is 0.857. The summed E-state index contributed by atoms with van der Waals surface area (Å²) in [6.07, 6.45) is 4.38. The molecule has 0 aromatic carbocycles. The predicted octanol–water partition coefficient (Wildman–Crippen LogP) is 2.50. The van der Waals surface area contributed by atoms with Crippen LogP contribution in [0.25, 0.3) is 0 Å². The smallest absolute Gasteiger partial charge is 0.410 e. The summed E-state index contributed by atoms with van der Waals surface area (Å²) in [5.74, 6) is -0.104. The van der Waals surface area contributed by atoms with Crippen LogP contribution in [0.4, 0.5) is 9.59 Å². The predicted molar refractivity (Wildman–Crippen MR) is 111 cm³/mol. The Morgan fingerprint density at radius 3 is 2.47 bits per heavy atom. The minimum absolute atomic E-state index is 0.00326. The highest BCUT2D eigenvalue weighted by atomic mass is 16.7. The second kappa shape index (κ2) is 9.41. The number of hydrogen-bond donors (Lipinski definition) is 1. The lowest BCUT2D eigenvalue weighted by Crippen LogP contribution is -2.54. The van der Waals surface area contributed by atoms with Crippen molar-refractivity contribution in [2.75, 3.05) is 26.2 Å². The topological polar surface area (TPSA) is 91.4 Å². The van der Waals surface area contributed by atoms with Gasteiger partial charge in [-0.05, 0) is 52.9 Å². The van der Waals surface area contributed by atoms with Crippen molar-refractivity contribution < 1.29 is 24.0 Å². The first kappa shape index (κ1) is 22.7. The molecule has 2 bridgehead atoms. The van der Waals surface area contributed by atoms with Crippen LogP contribution in [0.5, 0.6) is 0 Å². The molecule has 0 aromatic heterocycles. The number of amides is 4. The van der Waals surface area contributed by atoms with Gasteiger partial charge in [0.25, 0.3) is 0 Å². The molecule has 0 radical (unpaired) electrons. The lowest BCUT2D eigenvalue weighted by molar-refractivity contribution is -0.131. The lowest BCUT2D eigenvalue weighted by Gasteiger charge is -2.35. The molecule has 2 atom stereocenters. The number of likely N-dealkylation sites (tertiary alicyclic amines) is 1. The molecule has 4 amide bonds. The Morgan fingerprint density at radius 2 is 1.83 bits per heavy atom. The van der Waals surface area contributed by atoms with Crippen molar-refractivity contribution in [2.24, 2.45) is 0 Å². The molecule has 3 saturated heterocycles. The van der Waals surface area contributed by atoms with Crippen LogP contribution in [0.2, 0.25) is 0 Å². The third-order valence-electron chi connectivity index (χ3n) is 5.85. The maximum atomic E-state index is 12.9. The van der Waals surface area contributed by atoms with Crippen LogP contribution in [0.15, 0.2) is 0 Å². The zero-order valence-electron chi connectivity index (χ0n) is 18.7. The van der Waals surface area contributed by atoms with Crippen LogP contribution < -0.4 is 5.32 Å². The summed E-state index contributed by atoms with van der Waals surface area (Å²) in [6.45, 7) is 9.80. The van der Waals surface area contributed by atoms with Crippen molar-refractivity contribution >= 4 is 18.0 Å². The molecule has 0 spiro atoms. The molecule has 30 heavy (non-hydrogen) atoms. The summed E-state index contributed by atoms with van der Waals surface area (Å²) in [6, 6.07) is -0.607. The van der Waals surface area contributed by atoms with E-state index in [1.54, 1.807) is 9.80 Å². The Morgan fingerprint density at radius 1 is 1.13 bits per heavy atom. The number of unbranched alkanes of at least 4 members (excludes halogenated alkanes) is 1. The number of hydrogen-bond acceptors (Lipinski definition) is 5. The van der Waals surface area contributed by atoms with Gasteiger partial charge in [-0.1, -0.05) is 13.3 Å². The molecule has 3 fully saturated rings. The van der Waals surface area contributed by atoms with E-state index in [1.165, 1.54) is 5.06 Å². The average Bonchev–Trinajstić information content (AvgIpc) is 2.92. The van der Waals surface area contributed by atoms with Crippen LogP contribution in [0.1, 0.15) is 66.2 Å². The highest BCUT2D eigenvalue weighted by Gasteiger charge is 2.48. The number of ether oxygens (including phenoxy) is 1. The molecule has 0 aromatic rings. The first-order chi connectivity index (χ1) is 14.2. The summed E-state index contributed by atoms with van der Waals surface area (Å²) in [5.41, 5.74) is -0.516. The van der Waals surface area contributed by atoms with Crippen LogP contribution in [-0.4, -0.2) is 82.9 Å². The molecule has 9 nitrogen and oxygen atoms in total. The van der Waals surface area contributed by atoms with Crippen molar-refractivity contribution in [3.63, 3.8) is 0 Å². The third kappa shape index (κ3) is 5.36. The number of nitrogens with one attached hydrogen (secondary N) is 1. The number of fused-ring (bicyclic) bond motifs is 2. The van der Waals surface area contributed by atoms with Crippen molar-refractivity contribution in [3.05, 3.63) is 0 Å². The fourth-order valence-corrected chi connectivity index (χ4v) is 4.21. The average molecular weight is 425 g/mol. The number of piperidine rings is 2. The second-order valence-electron chi connectivity index (χ2n) is 9.44. The van der Waals surface area contributed by atoms with Crippen LogP contribution in [0, 0.1) is 0 Å². The zero-order valence-corrected chi connectivity index (χ0v) is 18.7. The highest BCUT2D eigenvalue weighted by molar-refractivity contribution is 5.88. The van der Waals surface area contributed by atoms with E-state index in [4.69, 9.17) is 9.57 Å². The van der Waals surface area contributed by atoms with Gasteiger partial charge in [0.05, 0.1) is 12.6 Å². The highest BCUT2D eigenvalue weighted by Crippen LogP contribution is 2.30. The number of urea groups is 1. The van der Waals surface area contributed by atoms with E-state index in [1.807, 2.05) is 20.8 Å². The van der Waals surface area contributed by atoms with Gasteiger partial charge < -0.3 is 19.9 Å². The van der Waals surface area contributed by atoms with Crippen molar-refractivity contribution in [1.82, 2.24) is 20.2 Å². The quantitative estimate of drug-likeness (QED) is 0.662. The summed E-state index contributed by atoms with van der Waals surface area (Å²) in [7, 11) is 0. The van der Waals surface area contributed by atoms with Gasteiger partial charge in [-0.2, -0.15) is 5.06 Å². The first-order valence-electron chi connectivity index (χ1n) is 11.2. The van der Waals surface area contributed by atoms with E-state index >= 15 is 0 Å². The van der Waals surface area contributed by atoms with Crippen molar-refractivity contribution in [2.45, 2.75) is 89.9 Å². The molecular formula is C21H36N4O5. The third-order valence-corrected chi connectivity index (χ3v) is 5.85. The van der Waals surface area contributed by atoms with Gasteiger partial charge in [-0.15, -0.1) is 0 Å². The van der Waals surface area contributed by atoms with Crippen LogP contribution >= 0.6 is 0 Å². The van der Waals surface area contributed by atoms with E-state index in [2.05, 4.69) is 12.2 Å². The van der Waals surface area contributed by atoms with E-state index in [-0.39, 0.29) is 30.1 Å². The van der Waals surface area contributed by atoms with E-state index in [0.29, 0.717) is 45.5 Å². The van der Waals surface area contributed by atoms with Crippen molar-refractivity contribution in [3.8, 4) is 0 Å². The first-order valence-corrected chi connectivity index (χ1v) is 11.2. The standard InChI is InChI=1S/C21H36N4O5/c1-5-6-13-29-25-16-7-8-17(24(14-16)19(25)27)18(26)22-15-9-11-23(12-10-15)20(28)30-21(2,3)4/h15-17H,5-14H2,1-4H3,(H,22,26)/t16?,17-/m0/s1. The molecule has 1 N–H and O–H groups in total. The Bertz CT molecular complexity index is 642. The monoisotopic (exact) mass is 424 g/mol. The maximum absolute atomic E-state index is 12.9. The number of carbonyl (C=O) groups is 3. The molecule has 0 saturated carbocycles. The van der Waals surface area contributed by atoms with Gasteiger partial charge in [0.1, 0.15) is 11.6 Å². The van der Waals surface area contributed by atoms with Crippen LogP contribution in [-0.2, 0) is 14.4 Å². The molecule has 3 aliphatic heterocycles. The summed E-state index contributed by atoms with van der Waals surface area (Å²) >= 11 is 0.